The number of hydrogen-bond donors (Lipinski definition) is 0. The summed E-state index contributed by atoms with van der Waals surface area (Å²) in [5.41, 5.74) is -0.859. The number of nitrogens with zero attached hydrogens (tertiary/aromatic N) is 1. The molecule has 90 valence electrons. The molecule has 0 fully saturated rings. The fraction of sp³-hybridized carbons (Fsp3) is 0.200. The number of rotatable bonds is 3. The van der Waals surface area contributed by atoms with Crippen LogP contribution in [0.5, 0.6) is 0 Å². The summed E-state index contributed by atoms with van der Waals surface area (Å²) in [6, 6.07) is 2.86. The van der Waals surface area contributed by atoms with E-state index in [4.69, 9.17) is 0 Å². The molecule has 0 spiro atoms. The summed E-state index contributed by atoms with van der Waals surface area (Å²) in [6.07, 6.45) is -4.56. The summed E-state index contributed by atoms with van der Waals surface area (Å²) in [6.45, 7) is -0.321. The van der Waals surface area contributed by atoms with Crippen molar-refractivity contribution in [2.45, 2.75) is 12.8 Å². The van der Waals surface area contributed by atoms with E-state index in [2.05, 4.69) is 9.72 Å². The van der Waals surface area contributed by atoms with Gasteiger partial charge in [0.05, 0.1) is 10.2 Å². The molecule has 17 heavy (non-hydrogen) atoms. The molecule has 0 aliphatic rings. The molecule has 3 nitrogen and oxygen atoms in total. The van der Waals surface area contributed by atoms with Crippen LogP contribution in [0.25, 0.3) is 10.2 Å². The number of thiophene rings is 1. The van der Waals surface area contributed by atoms with E-state index < -0.39 is 18.5 Å². The van der Waals surface area contributed by atoms with Crippen LogP contribution in [0.3, 0.4) is 0 Å². The Balaban J connectivity index is 2.55. The molecule has 0 saturated heterocycles. The van der Waals surface area contributed by atoms with Crippen molar-refractivity contribution in [2.75, 3.05) is 0 Å². The van der Waals surface area contributed by atoms with Crippen LogP contribution in [0.4, 0.5) is 13.2 Å². The third-order valence-corrected chi connectivity index (χ3v) is 2.94. The number of pyridine rings is 1. The van der Waals surface area contributed by atoms with Gasteiger partial charge in [0.1, 0.15) is 6.61 Å². The largest absolute Gasteiger partial charge is 0.463 e. The Bertz CT molecular complexity index is 550. The second-order valence-electron chi connectivity index (χ2n) is 3.21. The number of carbonyl (C=O) groups is 1. The first-order chi connectivity index (χ1) is 8.02. The van der Waals surface area contributed by atoms with Crippen molar-refractivity contribution >= 4 is 28.0 Å². The Hall–Kier alpha value is -1.63. The van der Waals surface area contributed by atoms with Crippen LogP contribution in [0.2, 0.25) is 0 Å². The quantitative estimate of drug-likeness (QED) is 0.797. The van der Waals surface area contributed by atoms with Crippen LogP contribution in [0.1, 0.15) is 11.3 Å². The highest BCUT2D eigenvalue weighted by molar-refractivity contribution is 7.17. The van der Waals surface area contributed by atoms with Crippen molar-refractivity contribution in [3.8, 4) is 0 Å². The minimum Gasteiger partial charge on any atom is -0.463 e. The van der Waals surface area contributed by atoms with Crippen molar-refractivity contribution < 1.29 is 22.7 Å². The highest BCUT2D eigenvalue weighted by Crippen LogP contribution is 2.33. The Morgan fingerprint density at radius 2 is 2.24 bits per heavy atom. The molecule has 7 heteroatoms. The van der Waals surface area contributed by atoms with E-state index in [0.29, 0.717) is 4.70 Å². The molecule has 0 N–H and O–H groups in total. The van der Waals surface area contributed by atoms with Crippen LogP contribution in [-0.4, -0.2) is 11.5 Å². The van der Waals surface area contributed by atoms with Gasteiger partial charge in [0.25, 0.3) is 6.47 Å². The third-order valence-electron chi connectivity index (χ3n) is 2.09. The standard InChI is InChI=1S/C10H6F3NO2S/c11-10(12,13)9-6(4-16-5-15)3-8-7(14-9)1-2-17-8/h1-3,5H,4H2. The van der Waals surface area contributed by atoms with Gasteiger partial charge in [0, 0.05) is 5.56 Å². The second kappa shape index (κ2) is 4.33. The highest BCUT2D eigenvalue weighted by atomic mass is 32.1. The summed E-state index contributed by atoms with van der Waals surface area (Å²) in [4.78, 5) is 13.6. The monoisotopic (exact) mass is 261 g/mol. The van der Waals surface area contributed by atoms with Gasteiger partial charge in [-0.1, -0.05) is 0 Å². The molecule has 0 aliphatic heterocycles. The predicted octanol–water partition coefficient (Wildman–Crippen LogP) is 2.99. The van der Waals surface area contributed by atoms with Crippen molar-refractivity contribution in [1.29, 1.82) is 0 Å². The van der Waals surface area contributed by atoms with E-state index in [9.17, 15) is 18.0 Å². The lowest BCUT2D eigenvalue weighted by Gasteiger charge is -2.11. The molecule has 2 aromatic heterocycles. The Kier molecular flexibility index (Phi) is 3.01. The summed E-state index contributed by atoms with van der Waals surface area (Å²) in [5.74, 6) is 0. The number of halogens is 3. The average Bonchev–Trinajstić information content (AvgIpc) is 2.70. The lowest BCUT2D eigenvalue weighted by atomic mass is 10.2. The molecule has 0 amide bonds. The van der Waals surface area contributed by atoms with Crippen molar-refractivity contribution in [2.24, 2.45) is 0 Å². The maximum Gasteiger partial charge on any atom is 0.433 e. The minimum absolute atomic E-state index is 0.110. The number of fused-ring (bicyclic) bond motifs is 1. The first-order valence-corrected chi connectivity index (χ1v) is 5.40. The maximum absolute atomic E-state index is 12.7. The summed E-state index contributed by atoms with van der Waals surface area (Å²) in [5, 5.41) is 1.65. The first kappa shape index (κ1) is 11.8. The molecule has 2 heterocycles. The molecule has 2 aromatic rings. The molecule has 2 rings (SSSR count). The molecule has 0 aromatic carbocycles. The molecule has 0 unspecified atom stereocenters. The van der Waals surface area contributed by atoms with Crippen molar-refractivity contribution in [1.82, 2.24) is 4.98 Å². The fourth-order valence-corrected chi connectivity index (χ4v) is 2.20. The van der Waals surface area contributed by atoms with E-state index in [1.54, 1.807) is 5.38 Å². The zero-order chi connectivity index (χ0) is 12.5. The summed E-state index contributed by atoms with van der Waals surface area (Å²) >= 11 is 1.28. The molecule has 0 radical (unpaired) electrons. The van der Waals surface area contributed by atoms with Gasteiger partial charge >= 0.3 is 6.18 Å². The first-order valence-electron chi connectivity index (χ1n) is 4.52. The van der Waals surface area contributed by atoms with Crippen molar-refractivity contribution in [3.05, 3.63) is 28.8 Å². The van der Waals surface area contributed by atoms with Gasteiger partial charge in [-0.15, -0.1) is 11.3 Å². The number of ether oxygens (including phenoxy) is 1. The van der Waals surface area contributed by atoms with Crippen LogP contribution in [0.15, 0.2) is 17.5 Å². The Morgan fingerprint density at radius 1 is 1.47 bits per heavy atom. The van der Waals surface area contributed by atoms with E-state index in [1.807, 2.05) is 0 Å². The van der Waals surface area contributed by atoms with Gasteiger partial charge in [-0.25, -0.2) is 4.98 Å². The molecule has 0 aliphatic carbocycles. The predicted molar refractivity (Wildman–Crippen MR) is 55.5 cm³/mol. The minimum atomic E-state index is -4.56. The highest BCUT2D eigenvalue weighted by Gasteiger charge is 2.35. The second-order valence-corrected chi connectivity index (χ2v) is 4.15. The van der Waals surface area contributed by atoms with Crippen LogP contribution in [0, 0.1) is 0 Å². The van der Waals surface area contributed by atoms with E-state index in [1.165, 1.54) is 23.5 Å². The van der Waals surface area contributed by atoms with Gasteiger partial charge in [0.15, 0.2) is 5.69 Å². The molecule has 0 saturated carbocycles. The molecular formula is C10H6F3NO2S. The molecule has 0 atom stereocenters. The summed E-state index contributed by atoms with van der Waals surface area (Å²) in [7, 11) is 0. The normalized spacial score (nSPS) is 11.7. The van der Waals surface area contributed by atoms with Gasteiger partial charge < -0.3 is 4.74 Å². The lowest BCUT2D eigenvalue weighted by molar-refractivity contribution is -0.143. The number of hydrogen-bond acceptors (Lipinski definition) is 4. The van der Waals surface area contributed by atoms with E-state index in [0.717, 1.165) is 0 Å². The Morgan fingerprint density at radius 3 is 2.88 bits per heavy atom. The van der Waals surface area contributed by atoms with Gasteiger partial charge in [-0.3, -0.25) is 4.79 Å². The van der Waals surface area contributed by atoms with Crippen molar-refractivity contribution in [3.63, 3.8) is 0 Å². The van der Waals surface area contributed by atoms with Crippen LogP contribution < -0.4 is 0 Å². The fourth-order valence-electron chi connectivity index (χ4n) is 1.41. The van der Waals surface area contributed by atoms with Gasteiger partial charge in [0.2, 0.25) is 0 Å². The molecular weight excluding hydrogens is 255 g/mol. The topological polar surface area (TPSA) is 39.2 Å². The van der Waals surface area contributed by atoms with Gasteiger partial charge in [-0.05, 0) is 17.5 Å². The zero-order valence-electron chi connectivity index (χ0n) is 8.32. The van der Waals surface area contributed by atoms with E-state index >= 15 is 0 Å². The Labute approximate surface area is 97.8 Å². The van der Waals surface area contributed by atoms with Crippen LogP contribution in [-0.2, 0) is 22.3 Å². The number of aromatic nitrogens is 1. The van der Waals surface area contributed by atoms with Crippen LogP contribution >= 0.6 is 11.3 Å². The van der Waals surface area contributed by atoms with Gasteiger partial charge in [-0.2, -0.15) is 13.2 Å². The zero-order valence-corrected chi connectivity index (χ0v) is 9.14. The lowest BCUT2D eigenvalue weighted by Crippen LogP contribution is -2.12. The maximum atomic E-state index is 12.7. The number of alkyl halides is 3. The molecule has 0 bridgehead atoms. The van der Waals surface area contributed by atoms with E-state index in [-0.39, 0.29) is 17.6 Å². The summed E-state index contributed by atoms with van der Waals surface area (Å²) < 4.78 is 43.1. The average molecular weight is 261 g/mol. The smallest absolute Gasteiger partial charge is 0.433 e. The third kappa shape index (κ3) is 2.38. The number of carbonyl (C=O) groups excluding carboxylic acids is 1. The SMILES string of the molecule is O=COCc1cc2sccc2nc1C(F)(F)F.